The van der Waals surface area contributed by atoms with Crippen LogP contribution in [0.5, 0.6) is 0 Å². The molecule has 0 radical (unpaired) electrons. The van der Waals surface area contributed by atoms with Crippen molar-refractivity contribution in [3.63, 3.8) is 0 Å². The van der Waals surface area contributed by atoms with E-state index in [2.05, 4.69) is 45.9 Å². The van der Waals surface area contributed by atoms with Crippen LogP contribution in [0.4, 0.5) is 5.13 Å². The van der Waals surface area contributed by atoms with Crippen molar-refractivity contribution >= 4 is 16.5 Å². The maximum Gasteiger partial charge on any atom is 0.182 e. The van der Waals surface area contributed by atoms with Crippen molar-refractivity contribution in [2.45, 2.75) is 32.2 Å². The lowest BCUT2D eigenvalue weighted by molar-refractivity contribution is 0.219. The molecule has 0 spiro atoms. The number of piperidine rings is 1. The van der Waals surface area contributed by atoms with Crippen molar-refractivity contribution in [3.05, 3.63) is 47.0 Å². The van der Waals surface area contributed by atoms with Gasteiger partial charge in [-0.05, 0) is 37.9 Å². The number of rotatable bonds is 6. The first-order valence-electron chi connectivity index (χ1n) is 7.85. The lowest BCUT2D eigenvalue weighted by atomic mass is 10.1. The Kier molecular flexibility index (Phi) is 5.24. The van der Waals surface area contributed by atoms with Crippen LogP contribution in [0.25, 0.3) is 0 Å². The zero-order chi connectivity index (χ0) is 14.3. The van der Waals surface area contributed by atoms with Gasteiger partial charge in [-0.15, -0.1) is 11.3 Å². The predicted molar refractivity (Wildman–Crippen MR) is 89.9 cm³/mol. The Balaban J connectivity index is 1.44. The van der Waals surface area contributed by atoms with E-state index in [-0.39, 0.29) is 0 Å². The zero-order valence-corrected chi connectivity index (χ0v) is 13.2. The molecule has 1 aromatic carbocycles. The first kappa shape index (κ1) is 14.5. The average molecular weight is 301 g/mol. The molecule has 3 nitrogen and oxygen atoms in total. The molecule has 1 N–H and O–H groups in total. The molecule has 21 heavy (non-hydrogen) atoms. The van der Waals surface area contributed by atoms with Crippen LogP contribution >= 0.6 is 11.3 Å². The third-order valence-corrected chi connectivity index (χ3v) is 4.77. The molecule has 1 aromatic heterocycles. The molecule has 4 heteroatoms. The van der Waals surface area contributed by atoms with Gasteiger partial charge in [0.05, 0.1) is 5.69 Å². The maximum atomic E-state index is 4.70. The number of anilines is 1. The van der Waals surface area contributed by atoms with Crippen LogP contribution in [-0.4, -0.2) is 29.5 Å². The van der Waals surface area contributed by atoms with Crippen molar-refractivity contribution in [1.29, 1.82) is 0 Å². The molecule has 0 bridgehead atoms. The van der Waals surface area contributed by atoms with Gasteiger partial charge in [0.25, 0.3) is 0 Å². The highest BCUT2D eigenvalue weighted by Crippen LogP contribution is 2.18. The van der Waals surface area contributed by atoms with Gasteiger partial charge >= 0.3 is 0 Å². The lowest BCUT2D eigenvalue weighted by Crippen LogP contribution is -2.29. The lowest BCUT2D eigenvalue weighted by Gasteiger charge is -2.25. The van der Waals surface area contributed by atoms with Crippen LogP contribution in [0.15, 0.2) is 35.7 Å². The van der Waals surface area contributed by atoms with Gasteiger partial charge in [0, 0.05) is 18.5 Å². The van der Waals surface area contributed by atoms with Crippen molar-refractivity contribution in [3.8, 4) is 0 Å². The third-order valence-electron chi connectivity index (χ3n) is 3.92. The van der Waals surface area contributed by atoms with Gasteiger partial charge in [0.15, 0.2) is 5.13 Å². The molecule has 1 aliphatic heterocycles. The second-order valence-electron chi connectivity index (χ2n) is 5.64. The van der Waals surface area contributed by atoms with E-state index < -0.39 is 0 Å². The number of likely N-dealkylation sites (tertiary alicyclic amines) is 1. The SMILES string of the molecule is c1ccc(CCNc2nc(CN3CCCCC3)cs2)cc1. The molecular weight excluding hydrogens is 278 g/mol. The van der Waals surface area contributed by atoms with E-state index in [4.69, 9.17) is 4.98 Å². The van der Waals surface area contributed by atoms with Gasteiger partial charge in [-0.1, -0.05) is 36.8 Å². The second-order valence-corrected chi connectivity index (χ2v) is 6.50. The molecule has 1 saturated heterocycles. The Hall–Kier alpha value is -1.39. The van der Waals surface area contributed by atoms with Gasteiger partial charge in [0.2, 0.25) is 0 Å². The van der Waals surface area contributed by atoms with Gasteiger partial charge in [0.1, 0.15) is 0 Å². The molecule has 2 aromatic rings. The number of nitrogens with one attached hydrogen (secondary N) is 1. The first-order valence-corrected chi connectivity index (χ1v) is 8.73. The van der Waals surface area contributed by atoms with E-state index >= 15 is 0 Å². The summed E-state index contributed by atoms with van der Waals surface area (Å²) in [5.41, 5.74) is 2.58. The first-order chi connectivity index (χ1) is 10.4. The van der Waals surface area contributed by atoms with E-state index in [1.54, 1.807) is 11.3 Å². The average Bonchev–Trinajstić information content (AvgIpc) is 2.97. The Labute approximate surface area is 131 Å². The molecular formula is C17H23N3S. The Bertz CT molecular complexity index is 532. The highest BCUT2D eigenvalue weighted by atomic mass is 32.1. The summed E-state index contributed by atoms with van der Waals surface area (Å²) >= 11 is 1.72. The van der Waals surface area contributed by atoms with Crippen molar-refractivity contribution < 1.29 is 0 Å². The predicted octanol–water partition coefficient (Wildman–Crippen LogP) is 3.78. The fraction of sp³-hybridized carbons (Fsp3) is 0.471. The highest BCUT2D eigenvalue weighted by molar-refractivity contribution is 7.13. The van der Waals surface area contributed by atoms with Crippen molar-refractivity contribution in [1.82, 2.24) is 9.88 Å². The van der Waals surface area contributed by atoms with E-state index in [0.29, 0.717) is 0 Å². The summed E-state index contributed by atoms with van der Waals surface area (Å²) in [7, 11) is 0. The minimum absolute atomic E-state index is 0.945. The molecule has 0 aliphatic carbocycles. The van der Waals surface area contributed by atoms with E-state index in [0.717, 1.165) is 24.6 Å². The third kappa shape index (κ3) is 4.55. The van der Waals surface area contributed by atoms with Crippen LogP contribution in [0.1, 0.15) is 30.5 Å². The van der Waals surface area contributed by atoms with E-state index in [1.807, 2.05) is 0 Å². The second kappa shape index (κ2) is 7.57. The Morgan fingerprint density at radius 3 is 2.71 bits per heavy atom. The largest absolute Gasteiger partial charge is 0.361 e. The summed E-state index contributed by atoms with van der Waals surface area (Å²) in [5.74, 6) is 0. The number of hydrogen-bond acceptors (Lipinski definition) is 4. The topological polar surface area (TPSA) is 28.2 Å². The number of benzene rings is 1. The van der Waals surface area contributed by atoms with E-state index in [1.165, 1.54) is 43.6 Å². The molecule has 3 rings (SSSR count). The summed E-state index contributed by atoms with van der Waals surface area (Å²) < 4.78 is 0. The number of hydrogen-bond donors (Lipinski definition) is 1. The van der Waals surface area contributed by atoms with Crippen LogP contribution in [0.3, 0.4) is 0 Å². The summed E-state index contributed by atoms with van der Waals surface area (Å²) in [4.78, 5) is 7.22. The van der Waals surface area contributed by atoms with Gasteiger partial charge in [-0.25, -0.2) is 4.98 Å². The van der Waals surface area contributed by atoms with Crippen LogP contribution < -0.4 is 5.32 Å². The molecule has 0 amide bonds. The van der Waals surface area contributed by atoms with Crippen LogP contribution in [0.2, 0.25) is 0 Å². The molecule has 1 fully saturated rings. The number of aromatic nitrogens is 1. The Morgan fingerprint density at radius 2 is 1.90 bits per heavy atom. The summed E-state index contributed by atoms with van der Waals surface area (Å²) in [6.45, 7) is 4.42. The van der Waals surface area contributed by atoms with Gasteiger partial charge in [-0.2, -0.15) is 0 Å². The summed E-state index contributed by atoms with van der Waals surface area (Å²) in [6.07, 6.45) is 5.11. The number of thiazole rings is 1. The molecule has 112 valence electrons. The molecule has 0 unspecified atom stereocenters. The zero-order valence-electron chi connectivity index (χ0n) is 12.4. The molecule has 0 atom stereocenters. The highest BCUT2D eigenvalue weighted by Gasteiger charge is 2.12. The van der Waals surface area contributed by atoms with Gasteiger partial charge < -0.3 is 5.32 Å². The molecule has 2 heterocycles. The fourth-order valence-electron chi connectivity index (χ4n) is 2.77. The van der Waals surface area contributed by atoms with Crippen molar-refractivity contribution in [2.75, 3.05) is 25.0 Å². The normalized spacial score (nSPS) is 16.0. The summed E-state index contributed by atoms with van der Waals surface area (Å²) in [6, 6.07) is 10.6. The smallest absolute Gasteiger partial charge is 0.182 e. The quantitative estimate of drug-likeness (QED) is 0.880. The van der Waals surface area contributed by atoms with E-state index in [9.17, 15) is 0 Å². The standard InChI is InChI=1S/C17H23N3S/c1-3-7-15(8-4-1)9-10-18-17-19-16(14-21-17)13-20-11-5-2-6-12-20/h1,3-4,7-8,14H,2,5-6,9-13H2,(H,18,19). The minimum atomic E-state index is 0.945. The fourth-order valence-corrected chi connectivity index (χ4v) is 3.50. The van der Waals surface area contributed by atoms with Crippen LogP contribution in [-0.2, 0) is 13.0 Å². The Morgan fingerprint density at radius 1 is 1.10 bits per heavy atom. The van der Waals surface area contributed by atoms with Crippen molar-refractivity contribution in [2.24, 2.45) is 0 Å². The summed E-state index contributed by atoms with van der Waals surface area (Å²) in [5, 5.41) is 6.69. The molecule has 1 aliphatic rings. The molecule has 0 saturated carbocycles. The maximum absolute atomic E-state index is 4.70. The minimum Gasteiger partial charge on any atom is -0.361 e. The monoisotopic (exact) mass is 301 g/mol. The van der Waals surface area contributed by atoms with Crippen LogP contribution in [0, 0.1) is 0 Å². The number of nitrogens with zero attached hydrogens (tertiary/aromatic N) is 2. The van der Waals surface area contributed by atoms with Gasteiger partial charge in [-0.3, -0.25) is 4.90 Å².